The Kier molecular flexibility index (Phi) is 6.04. The molecule has 1 spiro atoms. The van der Waals surface area contributed by atoms with Crippen molar-refractivity contribution in [2.45, 2.75) is 11.3 Å². The van der Waals surface area contributed by atoms with Crippen molar-refractivity contribution in [3.05, 3.63) is 212 Å². The summed E-state index contributed by atoms with van der Waals surface area (Å²) in [6, 6.07) is 61.7. The maximum Gasteiger partial charge on any atom is 0.0726 e. The van der Waals surface area contributed by atoms with Gasteiger partial charge in [0.05, 0.1) is 5.41 Å². The average Bonchev–Trinajstić information content (AvgIpc) is 3.65. The molecule has 0 bridgehead atoms. The van der Waals surface area contributed by atoms with E-state index in [4.69, 9.17) is 0 Å². The molecule has 0 aliphatic heterocycles. The van der Waals surface area contributed by atoms with Crippen LogP contribution in [0.15, 0.2) is 173 Å². The first-order valence-corrected chi connectivity index (χ1v) is 18.8. The van der Waals surface area contributed by atoms with Gasteiger partial charge in [0.15, 0.2) is 0 Å². The number of benzene rings is 8. The summed E-state index contributed by atoms with van der Waals surface area (Å²) in [5, 5.41) is 2.69. The Morgan fingerprint density at radius 1 is 0.340 bits per heavy atom. The fourth-order valence-corrected chi connectivity index (χ4v) is 10.3. The van der Waals surface area contributed by atoms with Crippen molar-refractivity contribution in [3.8, 4) is 44.5 Å². The minimum Gasteiger partial charge on any atom is -0.0619 e. The molecule has 0 N–H and O–H groups in total. The maximum atomic E-state index is 3.91. The fourth-order valence-electron chi connectivity index (χ4n) is 9.68. The second-order valence-electron chi connectivity index (χ2n) is 13.8. The quantitative estimate of drug-likeness (QED) is 0.164. The monoisotopic (exact) mass is 762 g/mol. The molecular formula is C48H28Br2. The molecule has 0 saturated heterocycles. The summed E-state index contributed by atoms with van der Waals surface area (Å²) in [6.07, 6.45) is 0. The van der Waals surface area contributed by atoms with E-state index in [9.17, 15) is 0 Å². The Bertz CT molecular complexity index is 2630. The number of halogens is 2. The van der Waals surface area contributed by atoms with Crippen LogP contribution < -0.4 is 0 Å². The van der Waals surface area contributed by atoms with Crippen LogP contribution in [-0.4, -0.2) is 0 Å². The summed E-state index contributed by atoms with van der Waals surface area (Å²) < 4.78 is 2.18. The summed E-state index contributed by atoms with van der Waals surface area (Å²) in [7, 11) is 0. The van der Waals surface area contributed by atoms with Crippen molar-refractivity contribution in [3.63, 3.8) is 0 Å². The Morgan fingerprint density at radius 2 is 0.860 bits per heavy atom. The Hall–Kier alpha value is -5.02. The molecular weight excluding hydrogens is 736 g/mol. The lowest BCUT2D eigenvalue weighted by Gasteiger charge is -2.41. The van der Waals surface area contributed by atoms with Crippen LogP contribution in [0, 0.1) is 0 Å². The third-order valence-corrected chi connectivity index (χ3v) is 12.5. The van der Waals surface area contributed by atoms with Gasteiger partial charge in [0.2, 0.25) is 0 Å². The number of hydrogen-bond donors (Lipinski definition) is 0. The lowest BCUT2D eigenvalue weighted by molar-refractivity contribution is 0.772. The smallest absolute Gasteiger partial charge is 0.0619 e. The highest BCUT2D eigenvalue weighted by Crippen LogP contribution is 2.63. The molecule has 0 radical (unpaired) electrons. The van der Waals surface area contributed by atoms with E-state index in [-0.39, 0.29) is 5.92 Å². The summed E-state index contributed by atoms with van der Waals surface area (Å²) in [4.78, 5) is 0. The van der Waals surface area contributed by atoms with Crippen LogP contribution in [0.25, 0.3) is 55.3 Å². The lowest BCUT2D eigenvalue weighted by atomic mass is 9.60. The SMILES string of the molecule is Brc1ccc(-c2ccc3c4c(ccc(C5c6ccccc6-c6ccccc65)c24)C2(c4ccccc4-c4ccccc42)c2cc(Br)ccc2-3)cc1. The molecule has 0 atom stereocenters. The van der Waals surface area contributed by atoms with Gasteiger partial charge in [0, 0.05) is 14.9 Å². The Morgan fingerprint density at radius 3 is 1.52 bits per heavy atom. The molecule has 0 aromatic heterocycles. The highest BCUT2D eigenvalue weighted by molar-refractivity contribution is 9.10. The van der Waals surface area contributed by atoms with Crippen LogP contribution in [0.4, 0.5) is 0 Å². The highest BCUT2D eigenvalue weighted by Gasteiger charge is 2.50. The first-order valence-electron chi connectivity index (χ1n) is 17.2. The van der Waals surface area contributed by atoms with Gasteiger partial charge in [-0.1, -0.05) is 171 Å². The first kappa shape index (κ1) is 28.8. The summed E-state index contributed by atoms with van der Waals surface area (Å²) >= 11 is 7.62. The van der Waals surface area contributed by atoms with Crippen LogP contribution in [0.5, 0.6) is 0 Å². The van der Waals surface area contributed by atoms with Gasteiger partial charge < -0.3 is 0 Å². The molecule has 0 amide bonds. The van der Waals surface area contributed by atoms with Gasteiger partial charge in [0.25, 0.3) is 0 Å². The van der Waals surface area contributed by atoms with E-state index < -0.39 is 5.41 Å². The summed E-state index contributed by atoms with van der Waals surface area (Å²) in [5.74, 6) is 0.117. The second kappa shape index (κ2) is 10.5. The molecule has 234 valence electrons. The summed E-state index contributed by atoms with van der Waals surface area (Å²) in [6.45, 7) is 0. The highest BCUT2D eigenvalue weighted by atomic mass is 79.9. The van der Waals surface area contributed by atoms with Gasteiger partial charge in [-0.05, 0) is 118 Å². The van der Waals surface area contributed by atoms with Crippen molar-refractivity contribution in [1.82, 2.24) is 0 Å². The van der Waals surface area contributed by atoms with Crippen LogP contribution in [0.1, 0.15) is 44.9 Å². The topological polar surface area (TPSA) is 0 Å². The first-order chi connectivity index (χ1) is 24.6. The van der Waals surface area contributed by atoms with Crippen molar-refractivity contribution in [2.75, 3.05) is 0 Å². The molecule has 8 aromatic carbocycles. The molecule has 50 heavy (non-hydrogen) atoms. The Balaban J connectivity index is 1.35. The zero-order chi connectivity index (χ0) is 33.1. The predicted molar refractivity (Wildman–Crippen MR) is 214 cm³/mol. The van der Waals surface area contributed by atoms with E-state index in [1.165, 1.54) is 94.2 Å². The molecule has 3 aliphatic carbocycles. The molecule has 0 unspecified atom stereocenters. The van der Waals surface area contributed by atoms with E-state index in [2.05, 4.69) is 196 Å². The van der Waals surface area contributed by atoms with Crippen LogP contribution in [-0.2, 0) is 5.41 Å². The number of rotatable bonds is 2. The Labute approximate surface area is 308 Å². The fraction of sp³-hybridized carbons (Fsp3) is 0.0417. The minimum atomic E-state index is -0.472. The van der Waals surface area contributed by atoms with Crippen LogP contribution in [0.2, 0.25) is 0 Å². The van der Waals surface area contributed by atoms with Crippen molar-refractivity contribution in [1.29, 1.82) is 0 Å². The van der Waals surface area contributed by atoms with Gasteiger partial charge >= 0.3 is 0 Å². The van der Waals surface area contributed by atoms with Crippen molar-refractivity contribution < 1.29 is 0 Å². The van der Waals surface area contributed by atoms with E-state index in [1.54, 1.807) is 0 Å². The zero-order valence-electron chi connectivity index (χ0n) is 26.9. The zero-order valence-corrected chi connectivity index (χ0v) is 30.1. The van der Waals surface area contributed by atoms with Crippen LogP contribution >= 0.6 is 31.9 Å². The van der Waals surface area contributed by atoms with Gasteiger partial charge in [-0.15, -0.1) is 0 Å². The van der Waals surface area contributed by atoms with E-state index in [0.717, 1.165) is 8.95 Å². The number of hydrogen-bond acceptors (Lipinski definition) is 0. The lowest BCUT2D eigenvalue weighted by Crippen LogP contribution is -2.32. The summed E-state index contributed by atoms with van der Waals surface area (Å²) in [5.41, 5.74) is 19.4. The molecule has 0 heterocycles. The molecule has 8 aromatic rings. The van der Waals surface area contributed by atoms with E-state index in [0.29, 0.717) is 0 Å². The van der Waals surface area contributed by atoms with Gasteiger partial charge in [-0.2, -0.15) is 0 Å². The molecule has 0 nitrogen and oxygen atoms in total. The standard InChI is InChI=1S/C48H28Br2/c49-29-19-17-28(18-20-29)31-23-24-39-36-22-21-30(50)27-44(36)48(41-15-7-5-11-34(41)35-12-6-8-16-42(35)48)43-26-25-40(46(31)47(39)43)45-37-13-3-1-9-32(37)33-10-2-4-14-38(33)45/h1-27,45H. The maximum absolute atomic E-state index is 3.91. The average molecular weight is 765 g/mol. The normalized spacial score (nSPS) is 14.3. The van der Waals surface area contributed by atoms with Gasteiger partial charge in [-0.25, -0.2) is 0 Å². The van der Waals surface area contributed by atoms with E-state index >= 15 is 0 Å². The van der Waals surface area contributed by atoms with Crippen LogP contribution in [0.3, 0.4) is 0 Å². The minimum absolute atomic E-state index is 0.117. The third kappa shape index (κ3) is 3.65. The van der Waals surface area contributed by atoms with Gasteiger partial charge in [0.1, 0.15) is 0 Å². The third-order valence-electron chi connectivity index (χ3n) is 11.5. The van der Waals surface area contributed by atoms with Crippen molar-refractivity contribution in [2.24, 2.45) is 0 Å². The molecule has 0 saturated carbocycles. The molecule has 2 heteroatoms. The van der Waals surface area contributed by atoms with Crippen molar-refractivity contribution >= 4 is 42.6 Å². The molecule has 11 rings (SSSR count). The predicted octanol–water partition coefficient (Wildman–Crippen LogP) is 13.5. The van der Waals surface area contributed by atoms with E-state index in [1.807, 2.05) is 0 Å². The number of fused-ring (bicyclic) bond motifs is 12. The largest absolute Gasteiger partial charge is 0.0726 e. The second-order valence-corrected chi connectivity index (χ2v) is 15.6. The molecule has 3 aliphatic rings. The van der Waals surface area contributed by atoms with Gasteiger partial charge in [-0.3, -0.25) is 0 Å². The molecule has 0 fully saturated rings.